The average Bonchev–Trinajstić information content (AvgIpc) is 2.85. The van der Waals surface area contributed by atoms with Gasteiger partial charge in [-0.15, -0.1) is 0 Å². The summed E-state index contributed by atoms with van der Waals surface area (Å²) in [6, 6.07) is 6.86. The van der Waals surface area contributed by atoms with Crippen molar-refractivity contribution in [2.45, 2.75) is 38.1 Å². The van der Waals surface area contributed by atoms with E-state index in [0.717, 1.165) is 37.1 Å². The molecule has 1 unspecified atom stereocenters. The molecule has 1 N–H and O–H groups in total. The molecule has 1 saturated carbocycles. The Morgan fingerprint density at radius 2 is 1.79 bits per heavy atom. The van der Waals surface area contributed by atoms with Gasteiger partial charge in [-0.3, -0.25) is 0 Å². The zero-order valence-electron chi connectivity index (χ0n) is 11.7. The first-order valence-corrected chi connectivity index (χ1v) is 7.45. The molecule has 1 aliphatic carbocycles. The molecule has 0 amide bonds. The van der Waals surface area contributed by atoms with E-state index >= 15 is 0 Å². The molecule has 19 heavy (non-hydrogen) atoms. The minimum absolute atomic E-state index is 0.444. The Labute approximate surface area is 115 Å². The Morgan fingerprint density at radius 1 is 1.05 bits per heavy atom. The van der Waals surface area contributed by atoms with E-state index in [1.165, 1.54) is 31.2 Å². The molecule has 1 aliphatic heterocycles. The van der Waals surface area contributed by atoms with Crippen LogP contribution >= 0.6 is 0 Å². The Bertz CT molecular complexity index is 427. The first kappa shape index (κ1) is 12.8. The van der Waals surface area contributed by atoms with Gasteiger partial charge in [0.1, 0.15) is 0 Å². The Balaban J connectivity index is 1.85. The van der Waals surface area contributed by atoms with Gasteiger partial charge in [-0.1, -0.05) is 18.9 Å². The van der Waals surface area contributed by atoms with E-state index < -0.39 is 0 Å². The quantitative estimate of drug-likeness (QED) is 0.905. The van der Waals surface area contributed by atoms with Crippen LogP contribution in [0.15, 0.2) is 18.2 Å². The highest BCUT2D eigenvalue weighted by Crippen LogP contribution is 2.39. The van der Waals surface area contributed by atoms with Crippen molar-refractivity contribution in [3.8, 4) is 11.5 Å². The van der Waals surface area contributed by atoms with Crippen LogP contribution in [0.25, 0.3) is 0 Å². The van der Waals surface area contributed by atoms with Gasteiger partial charge >= 0.3 is 0 Å². The third-order valence-electron chi connectivity index (χ3n) is 4.31. The summed E-state index contributed by atoms with van der Waals surface area (Å²) in [4.78, 5) is 0. The number of rotatable bonds is 3. The lowest BCUT2D eigenvalue weighted by atomic mass is 9.91. The summed E-state index contributed by atoms with van der Waals surface area (Å²) in [7, 11) is 2.06. The van der Waals surface area contributed by atoms with Crippen molar-refractivity contribution in [2.24, 2.45) is 5.92 Å². The minimum Gasteiger partial charge on any atom is -0.490 e. The molecule has 0 aromatic heterocycles. The average molecular weight is 261 g/mol. The van der Waals surface area contributed by atoms with Gasteiger partial charge in [0, 0.05) is 12.5 Å². The Morgan fingerprint density at radius 3 is 2.53 bits per heavy atom. The molecule has 2 aliphatic rings. The van der Waals surface area contributed by atoms with Gasteiger partial charge in [-0.05, 0) is 43.5 Å². The summed E-state index contributed by atoms with van der Waals surface area (Å²) in [6.07, 6.45) is 6.36. The maximum Gasteiger partial charge on any atom is 0.161 e. The molecule has 1 atom stereocenters. The molecule has 0 radical (unpaired) electrons. The van der Waals surface area contributed by atoms with Crippen LogP contribution < -0.4 is 14.8 Å². The van der Waals surface area contributed by atoms with Crippen molar-refractivity contribution >= 4 is 0 Å². The van der Waals surface area contributed by atoms with Crippen LogP contribution in [0.1, 0.15) is 43.7 Å². The van der Waals surface area contributed by atoms with Crippen LogP contribution in [0.4, 0.5) is 0 Å². The van der Waals surface area contributed by atoms with Gasteiger partial charge < -0.3 is 14.8 Å². The molecule has 0 saturated heterocycles. The summed E-state index contributed by atoms with van der Waals surface area (Å²) < 4.78 is 11.5. The van der Waals surface area contributed by atoms with Gasteiger partial charge in [-0.2, -0.15) is 0 Å². The smallest absolute Gasteiger partial charge is 0.161 e. The first-order valence-electron chi connectivity index (χ1n) is 7.45. The van der Waals surface area contributed by atoms with Crippen molar-refractivity contribution in [1.29, 1.82) is 0 Å². The topological polar surface area (TPSA) is 30.5 Å². The standard InChI is InChI=1S/C16H23NO2/c1-17-16(12-5-2-3-6-12)13-7-8-14-15(11-13)19-10-4-9-18-14/h7-8,11-12,16-17H,2-6,9-10H2,1H3. The van der Waals surface area contributed by atoms with Crippen LogP contribution in [0.2, 0.25) is 0 Å². The van der Waals surface area contributed by atoms with E-state index in [-0.39, 0.29) is 0 Å². The lowest BCUT2D eigenvalue weighted by molar-refractivity contribution is 0.296. The molecular weight excluding hydrogens is 238 g/mol. The second-order valence-corrected chi connectivity index (χ2v) is 5.57. The second kappa shape index (κ2) is 5.83. The minimum atomic E-state index is 0.444. The number of hydrogen-bond acceptors (Lipinski definition) is 3. The summed E-state index contributed by atoms with van der Waals surface area (Å²) in [5, 5.41) is 3.49. The molecule has 3 rings (SSSR count). The van der Waals surface area contributed by atoms with Crippen molar-refractivity contribution in [1.82, 2.24) is 5.32 Å². The fourth-order valence-electron chi connectivity index (χ4n) is 3.34. The fraction of sp³-hybridized carbons (Fsp3) is 0.625. The molecule has 1 heterocycles. The molecule has 1 aromatic carbocycles. The van der Waals surface area contributed by atoms with E-state index in [2.05, 4.69) is 30.6 Å². The Hall–Kier alpha value is -1.22. The maximum absolute atomic E-state index is 5.79. The van der Waals surface area contributed by atoms with Gasteiger partial charge in [0.2, 0.25) is 0 Å². The zero-order valence-corrected chi connectivity index (χ0v) is 11.7. The van der Waals surface area contributed by atoms with Crippen molar-refractivity contribution in [2.75, 3.05) is 20.3 Å². The van der Waals surface area contributed by atoms with Gasteiger partial charge in [0.25, 0.3) is 0 Å². The summed E-state index contributed by atoms with van der Waals surface area (Å²) in [5.74, 6) is 2.56. The number of ether oxygens (including phenoxy) is 2. The van der Waals surface area contributed by atoms with E-state index in [1.54, 1.807) is 0 Å². The van der Waals surface area contributed by atoms with Crippen molar-refractivity contribution in [3.63, 3.8) is 0 Å². The summed E-state index contributed by atoms with van der Waals surface area (Å²) >= 11 is 0. The third-order valence-corrected chi connectivity index (χ3v) is 4.31. The second-order valence-electron chi connectivity index (χ2n) is 5.57. The highest BCUT2D eigenvalue weighted by Gasteiger charge is 2.26. The SMILES string of the molecule is CNC(c1ccc2c(c1)OCCCO2)C1CCCC1. The van der Waals surface area contributed by atoms with E-state index in [1.807, 2.05) is 0 Å². The molecule has 1 aromatic rings. The number of benzene rings is 1. The summed E-state index contributed by atoms with van der Waals surface area (Å²) in [6.45, 7) is 1.51. The molecule has 0 bridgehead atoms. The number of hydrogen-bond donors (Lipinski definition) is 1. The first-order chi connectivity index (χ1) is 9.38. The van der Waals surface area contributed by atoms with Crippen LogP contribution in [0.3, 0.4) is 0 Å². The van der Waals surface area contributed by atoms with Crippen molar-refractivity contribution < 1.29 is 9.47 Å². The molecular formula is C16H23NO2. The largest absolute Gasteiger partial charge is 0.490 e. The molecule has 3 nitrogen and oxygen atoms in total. The molecule has 0 spiro atoms. The van der Waals surface area contributed by atoms with Gasteiger partial charge in [-0.25, -0.2) is 0 Å². The molecule has 104 valence electrons. The number of nitrogens with one attached hydrogen (secondary N) is 1. The van der Waals surface area contributed by atoms with Gasteiger partial charge in [0.05, 0.1) is 13.2 Å². The fourth-order valence-corrected chi connectivity index (χ4v) is 3.34. The van der Waals surface area contributed by atoms with Crippen molar-refractivity contribution in [3.05, 3.63) is 23.8 Å². The Kier molecular flexibility index (Phi) is 3.92. The van der Waals surface area contributed by atoms with Crippen LogP contribution in [0, 0.1) is 5.92 Å². The van der Waals surface area contributed by atoms with E-state index in [0.29, 0.717) is 6.04 Å². The predicted molar refractivity (Wildman–Crippen MR) is 75.8 cm³/mol. The van der Waals surface area contributed by atoms with E-state index in [4.69, 9.17) is 9.47 Å². The summed E-state index contributed by atoms with van der Waals surface area (Å²) in [5.41, 5.74) is 1.33. The number of fused-ring (bicyclic) bond motifs is 1. The van der Waals surface area contributed by atoms with Crippen LogP contribution in [-0.2, 0) is 0 Å². The monoisotopic (exact) mass is 261 g/mol. The van der Waals surface area contributed by atoms with Crippen LogP contribution in [0.5, 0.6) is 11.5 Å². The maximum atomic E-state index is 5.79. The molecule has 3 heteroatoms. The highest BCUT2D eigenvalue weighted by molar-refractivity contribution is 5.44. The highest BCUT2D eigenvalue weighted by atomic mass is 16.5. The van der Waals surface area contributed by atoms with Crippen LogP contribution in [-0.4, -0.2) is 20.3 Å². The van der Waals surface area contributed by atoms with Gasteiger partial charge in [0.15, 0.2) is 11.5 Å². The zero-order chi connectivity index (χ0) is 13.1. The lowest BCUT2D eigenvalue weighted by Crippen LogP contribution is -2.23. The third kappa shape index (κ3) is 2.71. The van der Waals surface area contributed by atoms with E-state index in [9.17, 15) is 0 Å². The lowest BCUT2D eigenvalue weighted by Gasteiger charge is -2.24. The predicted octanol–water partition coefficient (Wildman–Crippen LogP) is 3.30. The molecule has 1 fully saturated rings. The normalized spacial score (nSPS) is 21.1.